The number of sulfonamides is 1. The molecule has 1 aliphatic heterocycles. The fourth-order valence-corrected chi connectivity index (χ4v) is 4.92. The molecule has 2 aromatic heterocycles. The molecule has 2 N–H and O–H groups in total. The van der Waals surface area contributed by atoms with E-state index >= 15 is 0 Å². The predicted octanol–water partition coefficient (Wildman–Crippen LogP) is 3.31. The van der Waals surface area contributed by atoms with Gasteiger partial charge in [-0.2, -0.15) is 4.98 Å². The second-order valence-electron chi connectivity index (χ2n) is 8.95. The molecule has 37 heavy (non-hydrogen) atoms. The zero-order valence-corrected chi connectivity index (χ0v) is 21.3. The molecule has 1 fully saturated rings. The highest BCUT2D eigenvalue weighted by molar-refractivity contribution is 7.92. The van der Waals surface area contributed by atoms with Crippen molar-refractivity contribution in [2.24, 2.45) is 0 Å². The minimum absolute atomic E-state index is 0.181. The SMILES string of the molecule is CN(c1ccc(F)cc1Cn1ccc2cnc(Nc3ccc(N4CCNCC4)c(F)c3)nc21)S(C)(=O)=O. The van der Waals surface area contributed by atoms with Crippen LogP contribution >= 0.6 is 0 Å². The van der Waals surface area contributed by atoms with Gasteiger partial charge >= 0.3 is 0 Å². The average Bonchev–Trinajstić information content (AvgIpc) is 3.26. The fraction of sp³-hybridized carbons (Fsp3) is 0.280. The minimum atomic E-state index is -3.54. The quantitative estimate of drug-likeness (QED) is 0.381. The number of fused-ring (bicyclic) bond motifs is 1. The van der Waals surface area contributed by atoms with E-state index in [1.54, 1.807) is 29.1 Å². The topological polar surface area (TPSA) is 95.4 Å². The summed E-state index contributed by atoms with van der Waals surface area (Å²) in [5.74, 6) is -0.528. The Morgan fingerprint density at radius 1 is 1.11 bits per heavy atom. The van der Waals surface area contributed by atoms with Gasteiger partial charge in [-0.25, -0.2) is 22.2 Å². The minimum Gasteiger partial charge on any atom is -0.367 e. The van der Waals surface area contributed by atoms with Crippen molar-refractivity contribution in [1.29, 1.82) is 0 Å². The van der Waals surface area contributed by atoms with E-state index in [2.05, 4.69) is 20.6 Å². The van der Waals surface area contributed by atoms with Crippen molar-refractivity contribution < 1.29 is 17.2 Å². The number of benzene rings is 2. The Labute approximate surface area is 213 Å². The summed E-state index contributed by atoms with van der Waals surface area (Å²) in [7, 11) is -2.11. The Morgan fingerprint density at radius 2 is 1.89 bits per heavy atom. The van der Waals surface area contributed by atoms with Gasteiger partial charge in [0.25, 0.3) is 0 Å². The first-order chi connectivity index (χ1) is 17.7. The van der Waals surface area contributed by atoms with E-state index in [-0.39, 0.29) is 18.3 Å². The van der Waals surface area contributed by atoms with Gasteiger partial charge in [-0.3, -0.25) is 4.31 Å². The van der Waals surface area contributed by atoms with Crippen LogP contribution in [0.2, 0.25) is 0 Å². The third-order valence-corrected chi connectivity index (χ3v) is 7.57. The molecule has 9 nitrogen and oxygen atoms in total. The van der Waals surface area contributed by atoms with Gasteiger partial charge in [-0.1, -0.05) is 0 Å². The molecule has 0 atom stereocenters. The molecule has 0 bridgehead atoms. The molecule has 194 valence electrons. The molecular formula is C25H27F2N7O2S. The van der Waals surface area contributed by atoms with Crippen LogP contribution in [0.25, 0.3) is 11.0 Å². The zero-order chi connectivity index (χ0) is 26.2. The third-order valence-electron chi connectivity index (χ3n) is 6.38. The Hall–Kier alpha value is -3.77. The highest BCUT2D eigenvalue weighted by Gasteiger charge is 2.18. The number of nitrogens with one attached hydrogen (secondary N) is 2. The Morgan fingerprint density at radius 3 is 2.62 bits per heavy atom. The molecule has 0 amide bonds. The van der Waals surface area contributed by atoms with E-state index < -0.39 is 15.8 Å². The Kier molecular flexibility index (Phi) is 6.69. The predicted molar refractivity (Wildman–Crippen MR) is 141 cm³/mol. The normalized spacial score (nSPS) is 14.2. The van der Waals surface area contributed by atoms with Gasteiger partial charge in [-0.05, 0) is 48.0 Å². The number of piperazine rings is 1. The highest BCUT2D eigenvalue weighted by Crippen LogP contribution is 2.27. The average molecular weight is 528 g/mol. The number of hydrogen-bond donors (Lipinski definition) is 2. The molecular weight excluding hydrogens is 500 g/mol. The summed E-state index contributed by atoms with van der Waals surface area (Å²) in [6.07, 6.45) is 4.51. The van der Waals surface area contributed by atoms with Crippen LogP contribution in [0.5, 0.6) is 0 Å². The van der Waals surface area contributed by atoms with Gasteiger partial charge in [0.15, 0.2) is 0 Å². The highest BCUT2D eigenvalue weighted by atomic mass is 32.2. The number of halogens is 2. The molecule has 1 saturated heterocycles. The summed E-state index contributed by atoms with van der Waals surface area (Å²) in [6.45, 7) is 3.30. The first kappa shape index (κ1) is 24.9. The smallest absolute Gasteiger partial charge is 0.232 e. The fourth-order valence-electron chi connectivity index (χ4n) is 4.38. The second kappa shape index (κ2) is 9.94. The zero-order valence-electron chi connectivity index (χ0n) is 20.4. The maximum absolute atomic E-state index is 14.8. The van der Waals surface area contributed by atoms with Crippen molar-refractivity contribution in [1.82, 2.24) is 19.9 Å². The summed E-state index contributed by atoms with van der Waals surface area (Å²) < 4.78 is 56.0. The van der Waals surface area contributed by atoms with Gasteiger partial charge < -0.3 is 20.1 Å². The van der Waals surface area contributed by atoms with E-state index in [0.29, 0.717) is 28.3 Å². The van der Waals surface area contributed by atoms with Crippen molar-refractivity contribution in [2.45, 2.75) is 6.54 Å². The molecule has 0 aliphatic carbocycles. The van der Waals surface area contributed by atoms with Crippen molar-refractivity contribution in [3.8, 4) is 0 Å². The summed E-state index contributed by atoms with van der Waals surface area (Å²) in [5, 5.41) is 7.06. The number of anilines is 4. The Balaban J connectivity index is 1.41. The van der Waals surface area contributed by atoms with Crippen molar-refractivity contribution in [3.63, 3.8) is 0 Å². The lowest BCUT2D eigenvalue weighted by Gasteiger charge is -2.29. The second-order valence-corrected chi connectivity index (χ2v) is 11.0. The molecule has 2 aromatic carbocycles. The Bertz CT molecular complexity index is 1550. The van der Waals surface area contributed by atoms with Crippen LogP contribution < -0.4 is 19.8 Å². The lowest BCUT2D eigenvalue weighted by molar-refractivity contribution is 0.566. The lowest BCUT2D eigenvalue weighted by atomic mass is 10.1. The molecule has 12 heteroatoms. The summed E-state index contributed by atoms with van der Waals surface area (Å²) in [6, 6.07) is 10.8. The van der Waals surface area contributed by atoms with E-state index in [1.165, 1.54) is 31.3 Å². The molecule has 1 aliphatic rings. The molecule has 0 unspecified atom stereocenters. The van der Waals surface area contributed by atoms with Crippen LogP contribution in [0.15, 0.2) is 54.9 Å². The monoisotopic (exact) mass is 527 g/mol. The van der Waals surface area contributed by atoms with Crippen LogP contribution in [0.4, 0.5) is 31.8 Å². The van der Waals surface area contributed by atoms with E-state index in [0.717, 1.165) is 42.1 Å². The third kappa shape index (κ3) is 5.35. The number of nitrogens with zero attached hydrogens (tertiary/aromatic N) is 5. The van der Waals surface area contributed by atoms with Crippen LogP contribution in [-0.4, -0.2) is 62.4 Å². The van der Waals surface area contributed by atoms with Crippen LogP contribution in [0.1, 0.15) is 5.56 Å². The van der Waals surface area contributed by atoms with Gasteiger partial charge in [-0.15, -0.1) is 0 Å². The van der Waals surface area contributed by atoms with E-state index in [9.17, 15) is 17.2 Å². The lowest BCUT2D eigenvalue weighted by Crippen LogP contribution is -2.43. The molecule has 5 rings (SSSR count). The molecule has 4 aromatic rings. The van der Waals surface area contributed by atoms with E-state index in [1.807, 2.05) is 11.0 Å². The van der Waals surface area contributed by atoms with Crippen LogP contribution in [0, 0.1) is 11.6 Å². The van der Waals surface area contributed by atoms with Gasteiger partial charge in [0.1, 0.15) is 17.3 Å². The summed E-state index contributed by atoms with van der Waals surface area (Å²) >= 11 is 0. The first-order valence-corrected chi connectivity index (χ1v) is 13.6. The van der Waals surface area contributed by atoms with Crippen LogP contribution in [-0.2, 0) is 16.6 Å². The number of aromatic nitrogens is 3. The molecule has 0 radical (unpaired) electrons. The summed E-state index contributed by atoms with van der Waals surface area (Å²) in [5.41, 5.74) is 2.48. The van der Waals surface area contributed by atoms with Crippen molar-refractivity contribution in [2.75, 3.05) is 54.0 Å². The van der Waals surface area contributed by atoms with Gasteiger partial charge in [0.2, 0.25) is 16.0 Å². The standard InChI is InChI=1S/C25H27F2N7O2S/c1-32(37(2,35)36)22-5-3-19(26)13-18(22)16-34-10-7-17-15-29-25(31-24(17)34)30-20-4-6-23(21(27)14-20)33-11-8-28-9-12-33/h3-7,10,13-15,28H,8-9,11-12,16H2,1-2H3,(H,29,30,31). The number of hydrogen-bond acceptors (Lipinski definition) is 7. The van der Waals surface area contributed by atoms with Gasteiger partial charge in [0.05, 0.1) is 24.2 Å². The van der Waals surface area contributed by atoms with E-state index in [4.69, 9.17) is 0 Å². The van der Waals surface area contributed by atoms with Crippen LogP contribution in [0.3, 0.4) is 0 Å². The maximum Gasteiger partial charge on any atom is 0.232 e. The van der Waals surface area contributed by atoms with Crippen molar-refractivity contribution >= 4 is 44.1 Å². The number of rotatable bonds is 7. The molecule has 3 heterocycles. The molecule has 0 saturated carbocycles. The van der Waals surface area contributed by atoms with Crippen molar-refractivity contribution in [3.05, 3.63) is 72.1 Å². The maximum atomic E-state index is 14.8. The first-order valence-electron chi connectivity index (χ1n) is 11.8. The van der Waals surface area contributed by atoms with Gasteiger partial charge in [0, 0.05) is 56.7 Å². The summed E-state index contributed by atoms with van der Waals surface area (Å²) in [4.78, 5) is 10.9. The molecule has 0 spiro atoms. The largest absolute Gasteiger partial charge is 0.367 e.